The quantitative estimate of drug-likeness (QED) is 0.846. The summed E-state index contributed by atoms with van der Waals surface area (Å²) in [6.07, 6.45) is 8.23. The van der Waals surface area contributed by atoms with Crippen LogP contribution in [0.4, 0.5) is 0 Å². The summed E-state index contributed by atoms with van der Waals surface area (Å²) in [5, 5.41) is 9.44. The van der Waals surface area contributed by atoms with Gasteiger partial charge in [0.05, 0.1) is 11.8 Å². The summed E-state index contributed by atoms with van der Waals surface area (Å²) in [4.78, 5) is 26.4. The smallest absolute Gasteiger partial charge is 0.307 e. The normalized spacial score (nSPS) is 30.3. The molecule has 2 saturated carbocycles. The van der Waals surface area contributed by atoms with Gasteiger partial charge in [0.2, 0.25) is 5.91 Å². The third kappa shape index (κ3) is 3.58. The van der Waals surface area contributed by atoms with Crippen LogP contribution in [0, 0.1) is 17.8 Å². The van der Waals surface area contributed by atoms with Gasteiger partial charge in [-0.1, -0.05) is 32.6 Å². The van der Waals surface area contributed by atoms with Crippen LogP contribution >= 0.6 is 0 Å². The highest BCUT2D eigenvalue weighted by Crippen LogP contribution is 2.40. The molecular weight excluding hydrogens is 266 g/mol. The molecule has 0 aliphatic heterocycles. The number of carbonyl (C=O) groups is 2. The number of carboxylic acid groups (broad SMARTS) is 1. The van der Waals surface area contributed by atoms with Crippen LogP contribution in [0.2, 0.25) is 0 Å². The first-order chi connectivity index (χ1) is 10.1. The van der Waals surface area contributed by atoms with Crippen molar-refractivity contribution in [3.8, 4) is 0 Å². The van der Waals surface area contributed by atoms with E-state index in [0.29, 0.717) is 24.9 Å². The van der Waals surface area contributed by atoms with E-state index in [4.69, 9.17) is 0 Å². The Balaban J connectivity index is 2.09. The Morgan fingerprint density at radius 2 is 1.67 bits per heavy atom. The molecule has 1 amide bonds. The van der Waals surface area contributed by atoms with E-state index in [1.807, 2.05) is 11.8 Å². The molecule has 4 heteroatoms. The molecule has 1 unspecified atom stereocenters. The van der Waals surface area contributed by atoms with Crippen molar-refractivity contribution in [3.63, 3.8) is 0 Å². The molecule has 2 aliphatic rings. The summed E-state index contributed by atoms with van der Waals surface area (Å²) in [7, 11) is 0. The number of amides is 1. The first kappa shape index (κ1) is 16.3. The minimum Gasteiger partial charge on any atom is -0.481 e. The molecule has 2 rings (SSSR count). The zero-order chi connectivity index (χ0) is 15.4. The number of aliphatic carboxylic acids is 1. The second-order valence-electron chi connectivity index (χ2n) is 6.71. The third-order valence-electron chi connectivity index (χ3n) is 5.51. The largest absolute Gasteiger partial charge is 0.481 e. The van der Waals surface area contributed by atoms with E-state index in [0.717, 1.165) is 25.7 Å². The van der Waals surface area contributed by atoms with E-state index in [9.17, 15) is 14.7 Å². The lowest BCUT2D eigenvalue weighted by atomic mass is 9.90. The van der Waals surface area contributed by atoms with Crippen molar-refractivity contribution in [1.82, 2.24) is 4.90 Å². The highest BCUT2D eigenvalue weighted by molar-refractivity contribution is 5.85. The van der Waals surface area contributed by atoms with E-state index in [1.165, 1.54) is 19.3 Å². The Bertz CT molecular complexity index is 376. The van der Waals surface area contributed by atoms with Gasteiger partial charge in [-0.3, -0.25) is 9.59 Å². The van der Waals surface area contributed by atoms with Crippen molar-refractivity contribution in [2.75, 3.05) is 6.54 Å². The molecule has 2 aliphatic carbocycles. The topological polar surface area (TPSA) is 57.6 Å². The fourth-order valence-electron chi connectivity index (χ4n) is 4.22. The highest BCUT2D eigenvalue weighted by atomic mass is 16.4. The van der Waals surface area contributed by atoms with Gasteiger partial charge in [0, 0.05) is 12.6 Å². The average molecular weight is 295 g/mol. The Hall–Kier alpha value is -1.06. The zero-order valence-electron chi connectivity index (χ0n) is 13.4. The van der Waals surface area contributed by atoms with Gasteiger partial charge >= 0.3 is 5.97 Å². The molecule has 0 saturated heterocycles. The Kier molecular flexibility index (Phi) is 5.65. The average Bonchev–Trinajstić information content (AvgIpc) is 2.93. The zero-order valence-corrected chi connectivity index (χ0v) is 13.4. The van der Waals surface area contributed by atoms with Crippen LogP contribution < -0.4 is 0 Å². The van der Waals surface area contributed by atoms with E-state index >= 15 is 0 Å². The molecule has 0 aromatic heterocycles. The van der Waals surface area contributed by atoms with Crippen LogP contribution in [0.1, 0.15) is 65.2 Å². The van der Waals surface area contributed by atoms with Gasteiger partial charge < -0.3 is 10.0 Å². The monoisotopic (exact) mass is 295 g/mol. The highest BCUT2D eigenvalue weighted by Gasteiger charge is 2.44. The Morgan fingerprint density at radius 1 is 1.05 bits per heavy atom. The second-order valence-corrected chi connectivity index (χ2v) is 6.71. The first-order valence-electron chi connectivity index (χ1n) is 8.61. The molecule has 21 heavy (non-hydrogen) atoms. The van der Waals surface area contributed by atoms with Crippen molar-refractivity contribution in [2.45, 2.75) is 71.3 Å². The number of carboxylic acids is 1. The maximum Gasteiger partial charge on any atom is 0.307 e. The molecular formula is C17H29NO3. The van der Waals surface area contributed by atoms with Gasteiger partial charge in [0.1, 0.15) is 0 Å². The van der Waals surface area contributed by atoms with Crippen LogP contribution in [0.5, 0.6) is 0 Å². The van der Waals surface area contributed by atoms with E-state index < -0.39 is 11.9 Å². The Morgan fingerprint density at radius 3 is 2.19 bits per heavy atom. The predicted octanol–water partition coefficient (Wildman–Crippen LogP) is 3.30. The van der Waals surface area contributed by atoms with Gasteiger partial charge in [-0.25, -0.2) is 0 Å². The molecule has 120 valence electrons. The molecule has 0 bridgehead atoms. The first-order valence-corrected chi connectivity index (χ1v) is 8.61. The second kappa shape index (κ2) is 7.28. The van der Waals surface area contributed by atoms with Crippen molar-refractivity contribution in [2.24, 2.45) is 17.8 Å². The SMILES string of the molecule is CCC1C[C@H](C(=O)N(CC)C2CCCCC2)[C@H](C(=O)O)C1. The molecule has 0 aromatic rings. The van der Waals surface area contributed by atoms with Crippen LogP contribution in [-0.2, 0) is 9.59 Å². The summed E-state index contributed by atoms with van der Waals surface area (Å²) in [6, 6.07) is 0.339. The van der Waals surface area contributed by atoms with Crippen LogP contribution in [0.25, 0.3) is 0 Å². The third-order valence-corrected chi connectivity index (χ3v) is 5.51. The number of hydrogen-bond acceptors (Lipinski definition) is 2. The van der Waals surface area contributed by atoms with Crippen molar-refractivity contribution in [3.05, 3.63) is 0 Å². The molecule has 1 N–H and O–H groups in total. The lowest BCUT2D eigenvalue weighted by molar-refractivity contribution is -0.150. The molecule has 2 fully saturated rings. The summed E-state index contributed by atoms with van der Waals surface area (Å²) < 4.78 is 0. The predicted molar refractivity (Wildman–Crippen MR) is 81.9 cm³/mol. The van der Waals surface area contributed by atoms with Gasteiger partial charge in [-0.15, -0.1) is 0 Å². The van der Waals surface area contributed by atoms with Crippen molar-refractivity contribution < 1.29 is 14.7 Å². The Labute approximate surface area is 127 Å². The minimum atomic E-state index is -0.788. The summed E-state index contributed by atoms with van der Waals surface area (Å²) in [5.41, 5.74) is 0. The van der Waals surface area contributed by atoms with Gasteiger partial charge in [0.15, 0.2) is 0 Å². The van der Waals surface area contributed by atoms with Gasteiger partial charge in [-0.05, 0) is 38.5 Å². The van der Waals surface area contributed by atoms with Gasteiger partial charge in [0.25, 0.3) is 0 Å². The van der Waals surface area contributed by atoms with Gasteiger partial charge in [-0.2, -0.15) is 0 Å². The fourth-order valence-corrected chi connectivity index (χ4v) is 4.22. The summed E-state index contributed by atoms with van der Waals surface area (Å²) in [6.45, 7) is 4.83. The lowest BCUT2D eigenvalue weighted by Crippen LogP contribution is -2.46. The molecule has 0 spiro atoms. The molecule has 3 atom stereocenters. The molecule has 0 radical (unpaired) electrons. The number of nitrogens with zero attached hydrogens (tertiary/aromatic N) is 1. The van der Waals surface area contributed by atoms with E-state index in [1.54, 1.807) is 0 Å². The van der Waals surface area contributed by atoms with Crippen molar-refractivity contribution >= 4 is 11.9 Å². The maximum atomic E-state index is 12.9. The van der Waals surface area contributed by atoms with Crippen LogP contribution in [0.3, 0.4) is 0 Å². The van der Waals surface area contributed by atoms with E-state index in [2.05, 4.69) is 6.92 Å². The number of hydrogen-bond donors (Lipinski definition) is 1. The fraction of sp³-hybridized carbons (Fsp3) is 0.882. The molecule has 0 aromatic carbocycles. The molecule has 4 nitrogen and oxygen atoms in total. The number of carbonyl (C=O) groups excluding carboxylic acids is 1. The van der Waals surface area contributed by atoms with Crippen LogP contribution in [0.15, 0.2) is 0 Å². The van der Waals surface area contributed by atoms with Crippen LogP contribution in [-0.4, -0.2) is 34.5 Å². The lowest BCUT2D eigenvalue weighted by Gasteiger charge is -2.36. The summed E-state index contributed by atoms with van der Waals surface area (Å²) >= 11 is 0. The number of rotatable bonds is 5. The van der Waals surface area contributed by atoms with Crippen molar-refractivity contribution in [1.29, 1.82) is 0 Å². The standard InChI is InChI=1S/C17H29NO3/c1-3-12-10-14(15(11-12)17(20)21)16(19)18(4-2)13-8-6-5-7-9-13/h12-15H,3-11H2,1-2H3,(H,20,21)/t12?,14-,15+/m0/s1. The molecule has 0 heterocycles. The van der Waals surface area contributed by atoms with E-state index in [-0.39, 0.29) is 11.8 Å². The maximum absolute atomic E-state index is 12.9. The summed E-state index contributed by atoms with van der Waals surface area (Å²) in [5.74, 6) is -1.06. The minimum absolute atomic E-state index is 0.104.